The van der Waals surface area contributed by atoms with Crippen LogP contribution >= 0.6 is 0 Å². The third kappa shape index (κ3) is 5.01. The fourth-order valence-corrected chi connectivity index (χ4v) is 4.92. The van der Waals surface area contributed by atoms with Gasteiger partial charge in [-0.2, -0.15) is 4.31 Å². The number of hydrogen-bond acceptors (Lipinski definition) is 4. The zero-order valence-electron chi connectivity index (χ0n) is 16.6. The van der Waals surface area contributed by atoms with Crippen LogP contribution in [0.5, 0.6) is 0 Å². The summed E-state index contributed by atoms with van der Waals surface area (Å²) in [5.74, 6) is -0.613. The highest BCUT2D eigenvalue weighted by molar-refractivity contribution is 7.89. The summed E-state index contributed by atoms with van der Waals surface area (Å²) in [6.45, 7) is 4.58. The number of halogens is 1. The molecule has 6 nitrogen and oxygen atoms in total. The highest BCUT2D eigenvalue weighted by Gasteiger charge is 2.27. The Hall–Kier alpha value is -2.29. The molecule has 0 aromatic heterocycles. The average Bonchev–Trinajstić information content (AvgIpc) is 3.24. The molecule has 1 aliphatic heterocycles. The molecule has 1 heterocycles. The van der Waals surface area contributed by atoms with E-state index < -0.39 is 16.1 Å². The summed E-state index contributed by atoms with van der Waals surface area (Å²) in [6, 6.07) is 11.7. The molecule has 0 radical (unpaired) electrons. The van der Waals surface area contributed by atoms with Crippen molar-refractivity contribution in [2.24, 2.45) is 0 Å². The van der Waals surface area contributed by atoms with E-state index in [4.69, 9.17) is 0 Å². The van der Waals surface area contributed by atoms with Gasteiger partial charge in [-0.25, -0.2) is 12.8 Å². The quantitative estimate of drug-likeness (QED) is 0.722. The SMILES string of the molecule is CC(NC(C)c1ccccc1F)C(=O)Nc1ccc(S(=O)(=O)N2CCCC2)cc1. The maximum atomic E-state index is 13.9. The summed E-state index contributed by atoms with van der Waals surface area (Å²) in [5.41, 5.74) is 0.992. The fraction of sp³-hybridized carbons (Fsp3) is 0.381. The van der Waals surface area contributed by atoms with Gasteiger partial charge >= 0.3 is 0 Å². The van der Waals surface area contributed by atoms with Crippen molar-refractivity contribution in [3.05, 3.63) is 59.9 Å². The van der Waals surface area contributed by atoms with Gasteiger partial charge in [0, 0.05) is 30.4 Å². The van der Waals surface area contributed by atoms with Crippen LogP contribution in [0.3, 0.4) is 0 Å². The number of amides is 1. The minimum absolute atomic E-state index is 0.219. The Labute approximate surface area is 171 Å². The molecule has 2 aromatic rings. The minimum Gasteiger partial charge on any atom is -0.325 e. The lowest BCUT2D eigenvalue weighted by Crippen LogP contribution is -2.39. The predicted octanol–water partition coefficient (Wildman–Crippen LogP) is 3.29. The first kappa shape index (κ1) is 21.4. The minimum atomic E-state index is -3.48. The van der Waals surface area contributed by atoms with Gasteiger partial charge in [-0.3, -0.25) is 10.1 Å². The first-order valence-corrected chi connectivity index (χ1v) is 11.1. The van der Waals surface area contributed by atoms with E-state index in [2.05, 4.69) is 10.6 Å². The van der Waals surface area contributed by atoms with Crippen LogP contribution < -0.4 is 10.6 Å². The Morgan fingerprint density at radius 1 is 1.03 bits per heavy atom. The van der Waals surface area contributed by atoms with Crippen molar-refractivity contribution in [3.63, 3.8) is 0 Å². The molecule has 0 saturated carbocycles. The van der Waals surface area contributed by atoms with Gasteiger partial charge in [0.1, 0.15) is 5.82 Å². The standard InChI is InChI=1S/C21H26FN3O3S/c1-15(19-7-3-4-8-20(19)22)23-16(2)21(26)24-17-9-11-18(12-10-17)29(27,28)25-13-5-6-14-25/h3-4,7-12,15-16,23H,5-6,13-14H2,1-2H3,(H,24,26). The molecule has 156 valence electrons. The summed E-state index contributed by atoms with van der Waals surface area (Å²) in [5, 5.41) is 5.83. The van der Waals surface area contributed by atoms with Crippen LogP contribution in [0.4, 0.5) is 10.1 Å². The Morgan fingerprint density at radius 3 is 2.28 bits per heavy atom. The van der Waals surface area contributed by atoms with E-state index in [1.54, 1.807) is 44.2 Å². The van der Waals surface area contributed by atoms with E-state index in [0.717, 1.165) is 12.8 Å². The van der Waals surface area contributed by atoms with Gasteiger partial charge in [-0.05, 0) is 57.0 Å². The maximum absolute atomic E-state index is 13.9. The Morgan fingerprint density at radius 2 is 1.66 bits per heavy atom. The van der Waals surface area contributed by atoms with E-state index >= 15 is 0 Å². The number of benzene rings is 2. The number of carbonyl (C=O) groups excluding carboxylic acids is 1. The zero-order chi connectivity index (χ0) is 21.0. The second-order valence-electron chi connectivity index (χ2n) is 7.26. The summed E-state index contributed by atoms with van der Waals surface area (Å²) >= 11 is 0. The molecule has 8 heteroatoms. The maximum Gasteiger partial charge on any atom is 0.243 e. The number of anilines is 1. The van der Waals surface area contributed by atoms with E-state index in [1.807, 2.05) is 0 Å². The first-order chi connectivity index (χ1) is 13.8. The van der Waals surface area contributed by atoms with Gasteiger partial charge in [-0.1, -0.05) is 18.2 Å². The summed E-state index contributed by atoms with van der Waals surface area (Å²) in [4.78, 5) is 12.7. The Balaban J connectivity index is 1.61. The number of rotatable bonds is 7. The van der Waals surface area contributed by atoms with Crippen LogP contribution in [-0.2, 0) is 14.8 Å². The lowest BCUT2D eigenvalue weighted by Gasteiger charge is -2.20. The lowest BCUT2D eigenvalue weighted by atomic mass is 10.1. The molecule has 1 amide bonds. The number of nitrogens with one attached hydrogen (secondary N) is 2. The van der Waals surface area contributed by atoms with Crippen molar-refractivity contribution >= 4 is 21.6 Å². The topological polar surface area (TPSA) is 78.5 Å². The molecule has 2 atom stereocenters. The zero-order valence-corrected chi connectivity index (χ0v) is 17.4. The summed E-state index contributed by atoms with van der Waals surface area (Å²) in [6.07, 6.45) is 1.76. The highest BCUT2D eigenvalue weighted by Crippen LogP contribution is 2.22. The molecule has 3 rings (SSSR count). The lowest BCUT2D eigenvalue weighted by molar-refractivity contribution is -0.117. The predicted molar refractivity (Wildman–Crippen MR) is 110 cm³/mol. The van der Waals surface area contributed by atoms with Crippen molar-refractivity contribution < 1.29 is 17.6 Å². The molecule has 1 aliphatic rings. The third-order valence-electron chi connectivity index (χ3n) is 5.09. The van der Waals surface area contributed by atoms with Gasteiger partial charge in [0.2, 0.25) is 15.9 Å². The molecule has 2 unspecified atom stereocenters. The van der Waals surface area contributed by atoms with Gasteiger partial charge in [0.25, 0.3) is 0 Å². The van der Waals surface area contributed by atoms with Crippen molar-refractivity contribution in [3.8, 4) is 0 Å². The van der Waals surface area contributed by atoms with Crippen molar-refractivity contribution in [1.82, 2.24) is 9.62 Å². The molecule has 29 heavy (non-hydrogen) atoms. The third-order valence-corrected chi connectivity index (χ3v) is 7.00. The Bertz CT molecular complexity index is 957. The number of carbonyl (C=O) groups is 1. The van der Waals surface area contributed by atoms with Gasteiger partial charge in [0.15, 0.2) is 0 Å². The molecular weight excluding hydrogens is 393 g/mol. The largest absolute Gasteiger partial charge is 0.325 e. The van der Waals surface area contributed by atoms with Gasteiger partial charge in [0.05, 0.1) is 10.9 Å². The second-order valence-corrected chi connectivity index (χ2v) is 9.19. The van der Waals surface area contributed by atoms with E-state index in [-0.39, 0.29) is 22.7 Å². The summed E-state index contributed by atoms with van der Waals surface area (Å²) in [7, 11) is -3.48. The fourth-order valence-electron chi connectivity index (χ4n) is 3.41. The smallest absolute Gasteiger partial charge is 0.243 e. The average molecular weight is 420 g/mol. The molecule has 0 bridgehead atoms. The number of nitrogens with zero attached hydrogens (tertiary/aromatic N) is 1. The summed E-state index contributed by atoms with van der Waals surface area (Å²) < 4.78 is 40.5. The van der Waals surface area contributed by atoms with Crippen LogP contribution in [0.15, 0.2) is 53.4 Å². The van der Waals surface area contributed by atoms with Crippen molar-refractivity contribution in [1.29, 1.82) is 0 Å². The Kier molecular flexibility index (Phi) is 6.66. The highest BCUT2D eigenvalue weighted by atomic mass is 32.2. The van der Waals surface area contributed by atoms with Crippen molar-refractivity contribution in [2.45, 2.75) is 43.7 Å². The van der Waals surface area contributed by atoms with Gasteiger partial charge < -0.3 is 5.32 Å². The molecule has 2 N–H and O–H groups in total. The number of hydrogen-bond donors (Lipinski definition) is 2. The van der Waals surface area contributed by atoms with Crippen LogP contribution in [0.25, 0.3) is 0 Å². The van der Waals surface area contributed by atoms with Crippen LogP contribution in [0.2, 0.25) is 0 Å². The van der Waals surface area contributed by atoms with Crippen LogP contribution in [0.1, 0.15) is 38.3 Å². The molecule has 0 aliphatic carbocycles. The molecule has 0 spiro atoms. The van der Waals surface area contributed by atoms with E-state index in [9.17, 15) is 17.6 Å². The molecule has 2 aromatic carbocycles. The van der Waals surface area contributed by atoms with E-state index in [1.165, 1.54) is 22.5 Å². The second kappa shape index (κ2) is 9.02. The molecule has 1 fully saturated rings. The van der Waals surface area contributed by atoms with Crippen LogP contribution in [-0.4, -0.2) is 37.8 Å². The van der Waals surface area contributed by atoms with Crippen LogP contribution in [0, 0.1) is 5.82 Å². The van der Waals surface area contributed by atoms with Gasteiger partial charge in [-0.15, -0.1) is 0 Å². The number of sulfonamides is 1. The van der Waals surface area contributed by atoms with E-state index in [0.29, 0.717) is 24.3 Å². The normalized spacial score (nSPS) is 17.1. The first-order valence-electron chi connectivity index (χ1n) is 9.70. The molecular formula is C21H26FN3O3S. The molecule has 1 saturated heterocycles. The monoisotopic (exact) mass is 419 g/mol. The van der Waals surface area contributed by atoms with Crippen molar-refractivity contribution in [2.75, 3.05) is 18.4 Å².